The number of aryl methyl sites for hydroxylation is 2. The highest BCUT2D eigenvalue weighted by Gasteiger charge is 2.32. The molecule has 1 aromatic carbocycles. The average Bonchev–Trinajstić information content (AvgIpc) is 2.90. The Morgan fingerprint density at radius 2 is 0.905 bits per heavy atom. The van der Waals surface area contributed by atoms with E-state index in [4.69, 9.17) is 0 Å². The van der Waals surface area contributed by atoms with E-state index in [0.29, 0.717) is 12.2 Å². The van der Waals surface area contributed by atoms with Gasteiger partial charge in [0.15, 0.2) is 0 Å². The van der Waals surface area contributed by atoms with Crippen molar-refractivity contribution in [2.45, 2.75) is 207 Å². The summed E-state index contributed by atoms with van der Waals surface area (Å²) in [5, 5.41) is 20.8. The second kappa shape index (κ2) is 21.2. The van der Waals surface area contributed by atoms with E-state index in [-0.39, 0.29) is 17.3 Å². The van der Waals surface area contributed by atoms with Crippen LogP contribution >= 0.6 is 0 Å². The summed E-state index contributed by atoms with van der Waals surface area (Å²) in [6, 6.07) is 2.11. The summed E-state index contributed by atoms with van der Waals surface area (Å²) in [5.41, 5.74) is 3.83. The molecule has 0 atom stereocenters. The molecule has 0 aliphatic rings. The average molecular weight is 587 g/mol. The number of carboxylic acids is 1. The molecule has 2 N–H and O–H groups in total. The number of carbonyl (C=O) groups is 1. The Labute approximate surface area is 261 Å². The van der Waals surface area contributed by atoms with Gasteiger partial charge in [-0.25, -0.2) is 0 Å². The number of benzene rings is 1. The molecular formula is C39H70O3. The Kier molecular flexibility index (Phi) is 19.5. The summed E-state index contributed by atoms with van der Waals surface area (Å²) in [7, 11) is 0. The fourth-order valence-electron chi connectivity index (χ4n) is 6.58. The lowest BCUT2D eigenvalue weighted by Crippen LogP contribution is -2.25. The van der Waals surface area contributed by atoms with Crippen molar-refractivity contribution < 1.29 is 15.0 Å². The van der Waals surface area contributed by atoms with E-state index >= 15 is 0 Å². The third-order valence-electron chi connectivity index (χ3n) is 8.87. The van der Waals surface area contributed by atoms with Crippen molar-refractivity contribution in [1.82, 2.24) is 0 Å². The first-order chi connectivity index (χ1) is 19.9. The molecule has 0 unspecified atom stereocenters. The first-order valence-electron chi connectivity index (χ1n) is 18.0. The Morgan fingerprint density at radius 3 is 1.24 bits per heavy atom. The third kappa shape index (κ3) is 16.4. The van der Waals surface area contributed by atoms with E-state index in [1.807, 2.05) is 0 Å². The fraction of sp³-hybridized carbons (Fsp3) is 0.821. The third-order valence-corrected chi connectivity index (χ3v) is 8.87. The summed E-state index contributed by atoms with van der Waals surface area (Å²) in [6.07, 6.45) is 29.0. The number of phenolic OH excluding ortho intramolecular Hbond substituents is 1. The first-order valence-corrected chi connectivity index (χ1v) is 18.0. The van der Waals surface area contributed by atoms with Crippen LogP contribution in [-0.2, 0) is 28.5 Å². The highest BCUT2D eigenvalue weighted by Crippen LogP contribution is 2.44. The van der Waals surface area contributed by atoms with E-state index in [9.17, 15) is 15.0 Å². The maximum Gasteiger partial charge on any atom is 0.303 e. The minimum atomic E-state index is -0.768. The number of aromatic hydroxyl groups is 1. The first kappa shape index (κ1) is 38.5. The van der Waals surface area contributed by atoms with Gasteiger partial charge in [-0.15, -0.1) is 0 Å². The predicted octanol–water partition coefficient (Wildman–Crippen LogP) is 12.4. The fourth-order valence-corrected chi connectivity index (χ4v) is 6.58. The van der Waals surface area contributed by atoms with Crippen LogP contribution < -0.4 is 0 Å². The van der Waals surface area contributed by atoms with Gasteiger partial charge in [-0.1, -0.05) is 177 Å². The van der Waals surface area contributed by atoms with Gasteiger partial charge in [0.25, 0.3) is 0 Å². The number of rotatable bonds is 24. The lowest BCUT2D eigenvalue weighted by Gasteiger charge is -2.34. The van der Waals surface area contributed by atoms with E-state index < -0.39 is 5.97 Å². The highest BCUT2D eigenvalue weighted by molar-refractivity contribution is 5.67. The van der Waals surface area contributed by atoms with Crippen molar-refractivity contribution in [1.29, 1.82) is 0 Å². The molecule has 0 aliphatic heterocycles. The molecule has 0 amide bonds. The minimum absolute atomic E-state index is 0.121. The van der Waals surface area contributed by atoms with Gasteiger partial charge < -0.3 is 10.2 Å². The molecule has 1 rings (SSSR count). The molecule has 0 saturated carbocycles. The molecule has 42 heavy (non-hydrogen) atoms. The van der Waals surface area contributed by atoms with Gasteiger partial charge in [0.1, 0.15) is 5.75 Å². The van der Waals surface area contributed by atoms with Gasteiger partial charge in [-0.3, -0.25) is 4.79 Å². The van der Waals surface area contributed by atoms with E-state index in [2.05, 4.69) is 54.5 Å². The van der Waals surface area contributed by atoms with Gasteiger partial charge >= 0.3 is 5.97 Å². The van der Waals surface area contributed by atoms with Crippen molar-refractivity contribution in [2.24, 2.45) is 0 Å². The molecule has 0 radical (unpaired) electrons. The van der Waals surface area contributed by atoms with Crippen LogP contribution in [0.2, 0.25) is 0 Å². The van der Waals surface area contributed by atoms with Gasteiger partial charge in [0, 0.05) is 12.0 Å². The number of hydrogen-bond donors (Lipinski definition) is 2. The summed E-state index contributed by atoms with van der Waals surface area (Å²) in [4.78, 5) is 11.4. The lowest BCUT2D eigenvalue weighted by atomic mass is 9.71. The zero-order valence-electron chi connectivity index (χ0n) is 29.1. The molecule has 0 spiro atoms. The van der Waals surface area contributed by atoms with Gasteiger partial charge in [0.2, 0.25) is 0 Å². The van der Waals surface area contributed by atoms with Crippen molar-refractivity contribution in [3.63, 3.8) is 0 Å². The normalized spacial score (nSPS) is 12.3. The summed E-state index contributed by atoms with van der Waals surface area (Å²) < 4.78 is 0. The van der Waals surface area contributed by atoms with Crippen LogP contribution in [0.15, 0.2) is 6.07 Å². The zero-order valence-corrected chi connectivity index (χ0v) is 29.1. The number of hydrogen-bond acceptors (Lipinski definition) is 2. The van der Waals surface area contributed by atoms with Gasteiger partial charge in [0.05, 0.1) is 0 Å². The summed E-state index contributed by atoms with van der Waals surface area (Å²) in [5.74, 6) is -0.333. The maximum atomic E-state index is 11.4. The summed E-state index contributed by atoms with van der Waals surface area (Å²) in [6.45, 7) is 15.2. The lowest BCUT2D eigenvalue weighted by molar-refractivity contribution is -0.136. The highest BCUT2D eigenvalue weighted by atomic mass is 16.4. The number of phenols is 1. The van der Waals surface area contributed by atoms with Gasteiger partial charge in [-0.05, 0) is 46.8 Å². The largest absolute Gasteiger partial charge is 0.507 e. The topological polar surface area (TPSA) is 57.5 Å². The molecule has 0 bridgehead atoms. The van der Waals surface area contributed by atoms with Crippen molar-refractivity contribution in [2.75, 3.05) is 0 Å². The van der Waals surface area contributed by atoms with Crippen molar-refractivity contribution in [3.8, 4) is 5.75 Å². The van der Waals surface area contributed by atoms with Crippen LogP contribution in [0.25, 0.3) is 0 Å². The number of carboxylic acid groups (broad SMARTS) is 1. The SMILES string of the molecule is CCCCCCCCCCCCCCCCCCCCCCc1cc(CCC(=O)O)c(C(C)(C)C)c(C(C)(C)C)c1O. The quantitative estimate of drug-likeness (QED) is 0.118. The van der Waals surface area contributed by atoms with Crippen molar-refractivity contribution in [3.05, 3.63) is 28.3 Å². The Hall–Kier alpha value is -1.51. The van der Waals surface area contributed by atoms with Crippen LogP contribution in [0.5, 0.6) is 5.75 Å². The Balaban J connectivity index is 2.30. The van der Waals surface area contributed by atoms with E-state index in [1.54, 1.807) is 0 Å². The summed E-state index contributed by atoms with van der Waals surface area (Å²) >= 11 is 0. The van der Waals surface area contributed by atoms with Gasteiger partial charge in [-0.2, -0.15) is 0 Å². The molecule has 0 fully saturated rings. The zero-order chi connectivity index (χ0) is 31.4. The molecule has 0 heterocycles. The molecule has 0 aliphatic carbocycles. The molecule has 0 aromatic heterocycles. The molecule has 0 saturated heterocycles. The minimum Gasteiger partial charge on any atom is -0.507 e. The van der Waals surface area contributed by atoms with Crippen LogP contribution in [0.1, 0.15) is 206 Å². The number of aliphatic carboxylic acids is 1. The van der Waals surface area contributed by atoms with E-state index in [1.165, 1.54) is 122 Å². The van der Waals surface area contributed by atoms with Crippen LogP contribution in [0, 0.1) is 0 Å². The number of unbranched alkanes of at least 4 members (excludes halogenated alkanes) is 19. The Bertz CT molecular complexity index is 856. The van der Waals surface area contributed by atoms with Crippen molar-refractivity contribution >= 4 is 5.97 Å². The molecule has 3 heteroatoms. The second-order valence-corrected chi connectivity index (χ2v) is 15.2. The smallest absolute Gasteiger partial charge is 0.303 e. The van der Waals surface area contributed by atoms with Crippen LogP contribution in [0.3, 0.4) is 0 Å². The predicted molar refractivity (Wildman–Crippen MR) is 183 cm³/mol. The Morgan fingerprint density at radius 1 is 0.548 bits per heavy atom. The van der Waals surface area contributed by atoms with Crippen LogP contribution in [-0.4, -0.2) is 16.2 Å². The molecule has 3 nitrogen and oxygen atoms in total. The molecule has 1 aromatic rings. The standard InChI is InChI=1S/C39H70O3/c1-8-9-10-11-12-13-14-15-16-17-18-19-20-21-22-23-24-25-26-27-28-33-31-32(29-30-34(40)41)35(38(2,3)4)36(37(33)42)39(5,6)7/h31,42H,8-30H2,1-7H3,(H,40,41). The maximum absolute atomic E-state index is 11.4. The van der Waals surface area contributed by atoms with E-state index in [0.717, 1.165) is 35.1 Å². The monoisotopic (exact) mass is 587 g/mol. The second-order valence-electron chi connectivity index (χ2n) is 15.2. The van der Waals surface area contributed by atoms with Crippen LogP contribution in [0.4, 0.5) is 0 Å². The molecule has 244 valence electrons. The molecular weight excluding hydrogens is 516 g/mol.